The summed E-state index contributed by atoms with van der Waals surface area (Å²) in [5.41, 5.74) is 2.10. The van der Waals surface area contributed by atoms with Gasteiger partial charge in [0.2, 0.25) is 0 Å². The maximum absolute atomic E-state index is 9.48. The van der Waals surface area contributed by atoms with Crippen LogP contribution in [0.25, 0.3) is 0 Å². The van der Waals surface area contributed by atoms with E-state index in [1.165, 1.54) is 5.69 Å². The molecule has 1 aromatic rings. The van der Waals surface area contributed by atoms with Gasteiger partial charge in [-0.2, -0.15) is 11.8 Å². The lowest BCUT2D eigenvalue weighted by Gasteiger charge is -2.21. The molecule has 1 atom stereocenters. The van der Waals surface area contributed by atoms with Gasteiger partial charge in [-0.15, -0.1) is 0 Å². The van der Waals surface area contributed by atoms with Gasteiger partial charge in [-0.1, -0.05) is 6.07 Å². The number of hydrogen-bond donors (Lipinski definition) is 1. The lowest BCUT2D eigenvalue weighted by atomic mass is 10.1. The third-order valence-corrected chi connectivity index (χ3v) is 3.72. The van der Waals surface area contributed by atoms with Gasteiger partial charge in [0.1, 0.15) is 0 Å². The summed E-state index contributed by atoms with van der Waals surface area (Å²) in [6.07, 6.45) is 1.70. The molecule has 0 saturated heterocycles. The number of halogens is 1. The quantitative estimate of drug-likeness (QED) is 0.903. The normalized spacial score (nSPS) is 12.6. The predicted octanol–water partition coefficient (Wildman–Crippen LogP) is 3.30. The Labute approximate surface area is 110 Å². The summed E-state index contributed by atoms with van der Waals surface area (Å²) in [4.78, 5) is 2.21. The van der Waals surface area contributed by atoms with Crippen LogP contribution >= 0.6 is 27.7 Å². The Bertz CT molecular complexity index is 344. The number of anilines is 1. The van der Waals surface area contributed by atoms with Crippen LogP contribution in [0.5, 0.6) is 0 Å². The average Bonchev–Trinajstić information content (AvgIpc) is 2.25. The number of nitrogens with zero attached hydrogens (tertiary/aromatic N) is 1. The van der Waals surface area contributed by atoms with Crippen LogP contribution in [0.1, 0.15) is 18.6 Å². The highest BCUT2D eigenvalue weighted by molar-refractivity contribution is 9.10. The van der Waals surface area contributed by atoms with Gasteiger partial charge in [-0.25, -0.2) is 0 Å². The fraction of sp³-hybridized carbons (Fsp3) is 0.500. The van der Waals surface area contributed by atoms with Gasteiger partial charge in [0.15, 0.2) is 0 Å². The highest BCUT2D eigenvalue weighted by Gasteiger charge is 2.08. The van der Waals surface area contributed by atoms with E-state index in [9.17, 15) is 5.11 Å². The average molecular weight is 304 g/mol. The van der Waals surface area contributed by atoms with E-state index >= 15 is 0 Å². The van der Waals surface area contributed by atoms with Crippen LogP contribution in [0.2, 0.25) is 0 Å². The molecule has 0 bridgehead atoms. The Kier molecular flexibility index (Phi) is 5.66. The fourth-order valence-electron chi connectivity index (χ4n) is 1.44. The summed E-state index contributed by atoms with van der Waals surface area (Å²) in [6.45, 7) is 2.80. The molecule has 0 radical (unpaired) electrons. The molecule has 1 aromatic carbocycles. The van der Waals surface area contributed by atoms with E-state index in [0.29, 0.717) is 0 Å². The van der Waals surface area contributed by atoms with Crippen molar-refractivity contribution in [2.24, 2.45) is 0 Å². The van der Waals surface area contributed by atoms with Gasteiger partial charge in [-0.3, -0.25) is 0 Å². The SMILES string of the molecule is CSCCN(C)c1ccc([C@@H](C)O)cc1Br. The first-order valence-electron chi connectivity index (χ1n) is 5.24. The van der Waals surface area contributed by atoms with Crippen LogP contribution in [-0.4, -0.2) is 30.7 Å². The maximum Gasteiger partial charge on any atom is 0.0762 e. The van der Waals surface area contributed by atoms with Crippen molar-refractivity contribution in [1.29, 1.82) is 0 Å². The standard InChI is InChI=1S/C12H18BrNOS/c1-9(15)10-4-5-12(11(13)8-10)14(2)6-7-16-3/h4-5,8-9,15H,6-7H2,1-3H3/t9-/m1/s1. The zero-order valence-electron chi connectivity index (χ0n) is 9.90. The minimum Gasteiger partial charge on any atom is -0.389 e. The van der Waals surface area contributed by atoms with Gasteiger partial charge in [0.05, 0.1) is 11.8 Å². The molecule has 4 heteroatoms. The Morgan fingerprint density at radius 1 is 1.50 bits per heavy atom. The molecule has 0 unspecified atom stereocenters. The molecule has 1 rings (SSSR count). The van der Waals surface area contributed by atoms with Crippen molar-refractivity contribution in [2.75, 3.05) is 30.5 Å². The first kappa shape index (κ1) is 13.9. The third kappa shape index (κ3) is 3.68. The highest BCUT2D eigenvalue weighted by Crippen LogP contribution is 2.28. The van der Waals surface area contributed by atoms with E-state index in [2.05, 4.69) is 34.1 Å². The Balaban J connectivity index is 2.81. The molecule has 0 aromatic heterocycles. The van der Waals surface area contributed by atoms with E-state index in [-0.39, 0.29) is 0 Å². The second-order valence-electron chi connectivity index (χ2n) is 3.80. The number of thioether (sulfide) groups is 1. The van der Waals surface area contributed by atoms with Gasteiger partial charge in [-0.05, 0) is 46.8 Å². The largest absolute Gasteiger partial charge is 0.389 e. The van der Waals surface area contributed by atoms with Crippen LogP contribution in [0.3, 0.4) is 0 Å². The van der Waals surface area contributed by atoms with Gasteiger partial charge >= 0.3 is 0 Å². The lowest BCUT2D eigenvalue weighted by molar-refractivity contribution is 0.199. The minimum atomic E-state index is -0.415. The van der Waals surface area contributed by atoms with Crippen molar-refractivity contribution in [2.45, 2.75) is 13.0 Å². The molecule has 0 aliphatic rings. The number of rotatable bonds is 5. The van der Waals surface area contributed by atoms with Crippen molar-refractivity contribution in [3.05, 3.63) is 28.2 Å². The first-order chi connectivity index (χ1) is 7.56. The number of hydrogen-bond acceptors (Lipinski definition) is 3. The Morgan fingerprint density at radius 3 is 2.69 bits per heavy atom. The molecule has 16 heavy (non-hydrogen) atoms. The van der Waals surface area contributed by atoms with E-state index in [1.54, 1.807) is 6.92 Å². The molecule has 0 aliphatic heterocycles. The number of aliphatic hydroxyl groups is 1. The summed E-state index contributed by atoms with van der Waals surface area (Å²) < 4.78 is 1.04. The second kappa shape index (κ2) is 6.52. The van der Waals surface area contributed by atoms with Crippen LogP contribution < -0.4 is 4.90 Å². The Morgan fingerprint density at radius 2 is 2.19 bits per heavy atom. The summed E-state index contributed by atoms with van der Waals surface area (Å²) in [7, 11) is 2.08. The number of aliphatic hydroxyl groups excluding tert-OH is 1. The van der Waals surface area contributed by atoms with Gasteiger partial charge in [0, 0.05) is 23.8 Å². The summed E-state index contributed by atoms with van der Waals surface area (Å²) in [6, 6.07) is 6.00. The highest BCUT2D eigenvalue weighted by atomic mass is 79.9. The minimum absolute atomic E-state index is 0.415. The third-order valence-electron chi connectivity index (χ3n) is 2.50. The Hall–Kier alpha value is -0.190. The molecule has 2 nitrogen and oxygen atoms in total. The van der Waals surface area contributed by atoms with Gasteiger partial charge in [0.25, 0.3) is 0 Å². The monoisotopic (exact) mass is 303 g/mol. The summed E-state index contributed by atoms with van der Waals surface area (Å²) >= 11 is 5.39. The number of benzene rings is 1. The van der Waals surface area contributed by atoms with Crippen LogP contribution in [-0.2, 0) is 0 Å². The molecule has 0 aliphatic carbocycles. The summed E-state index contributed by atoms with van der Waals surface area (Å²) in [5.74, 6) is 1.11. The van der Waals surface area contributed by atoms with E-state index < -0.39 is 6.10 Å². The van der Waals surface area contributed by atoms with Crippen molar-refractivity contribution < 1.29 is 5.11 Å². The van der Waals surface area contributed by atoms with Gasteiger partial charge < -0.3 is 10.0 Å². The molecule has 0 spiro atoms. The smallest absolute Gasteiger partial charge is 0.0762 e. The lowest BCUT2D eigenvalue weighted by Crippen LogP contribution is -2.20. The zero-order valence-corrected chi connectivity index (χ0v) is 12.3. The van der Waals surface area contributed by atoms with Crippen molar-refractivity contribution >= 4 is 33.4 Å². The molecule has 0 heterocycles. The topological polar surface area (TPSA) is 23.5 Å². The maximum atomic E-state index is 9.48. The van der Waals surface area contributed by atoms with E-state index in [1.807, 2.05) is 30.0 Å². The molecule has 0 saturated carbocycles. The summed E-state index contributed by atoms with van der Waals surface area (Å²) in [5, 5.41) is 9.48. The van der Waals surface area contributed by atoms with E-state index in [4.69, 9.17) is 0 Å². The van der Waals surface area contributed by atoms with Crippen LogP contribution in [0.15, 0.2) is 22.7 Å². The van der Waals surface area contributed by atoms with Crippen LogP contribution in [0.4, 0.5) is 5.69 Å². The molecule has 1 N–H and O–H groups in total. The van der Waals surface area contributed by atoms with E-state index in [0.717, 1.165) is 22.3 Å². The predicted molar refractivity (Wildman–Crippen MR) is 76.4 cm³/mol. The first-order valence-corrected chi connectivity index (χ1v) is 7.42. The zero-order chi connectivity index (χ0) is 12.1. The molecule has 90 valence electrons. The van der Waals surface area contributed by atoms with Crippen molar-refractivity contribution in [3.8, 4) is 0 Å². The fourth-order valence-corrected chi connectivity index (χ4v) is 2.60. The molecular formula is C12H18BrNOS. The van der Waals surface area contributed by atoms with Crippen LogP contribution in [0, 0.1) is 0 Å². The van der Waals surface area contributed by atoms with Crippen molar-refractivity contribution in [1.82, 2.24) is 0 Å². The molecular weight excluding hydrogens is 286 g/mol. The van der Waals surface area contributed by atoms with Crippen molar-refractivity contribution in [3.63, 3.8) is 0 Å². The molecule has 0 fully saturated rings. The second-order valence-corrected chi connectivity index (χ2v) is 5.64. The molecule has 0 amide bonds.